The molecule has 10 nitrogen and oxygen atoms in total. The Balaban J connectivity index is 1.81. The van der Waals surface area contributed by atoms with Crippen molar-refractivity contribution in [3.8, 4) is 11.5 Å². The largest absolute Gasteiger partial charge is 0.492 e. The first-order chi connectivity index (χ1) is 20.1. The number of para-hydroxylation sites is 1. The van der Waals surface area contributed by atoms with E-state index in [-0.39, 0.29) is 49.1 Å². The Morgan fingerprint density at radius 3 is 2.45 bits per heavy atom. The summed E-state index contributed by atoms with van der Waals surface area (Å²) in [6, 6.07) is 9.63. The van der Waals surface area contributed by atoms with Gasteiger partial charge in [-0.3, -0.25) is 19.2 Å². The van der Waals surface area contributed by atoms with E-state index in [1.807, 2.05) is 27.7 Å². The van der Waals surface area contributed by atoms with Gasteiger partial charge < -0.3 is 30.7 Å². The molecule has 11 heteroatoms. The molecule has 0 fully saturated rings. The van der Waals surface area contributed by atoms with Crippen molar-refractivity contribution >= 4 is 23.6 Å². The van der Waals surface area contributed by atoms with Gasteiger partial charge in [0.05, 0.1) is 24.6 Å². The highest BCUT2D eigenvalue weighted by atomic mass is 19.1. The molecule has 0 bridgehead atoms. The maximum absolute atomic E-state index is 13.4. The predicted octanol–water partition coefficient (Wildman–Crippen LogP) is 2.96. The minimum absolute atomic E-state index is 0.0685. The van der Waals surface area contributed by atoms with E-state index >= 15 is 0 Å². The lowest BCUT2D eigenvalue weighted by Gasteiger charge is -2.29. The SMILES string of the molecule is CC[C@H](C)[C@@H]1NC(=O)C[C@@H](C(=O)NCCOc2ccc(F)cc2)NC(=O)c2ccccc2OC[C@H](CC(C)C)NC1=O. The molecule has 4 N–H and O–H groups in total. The Labute approximate surface area is 246 Å². The second kappa shape index (κ2) is 15.7. The fourth-order valence-electron chi connectivity index (χ4n) is 4.56. The monoisotopic (exact) mass is 584 g/mol. The first-order valence-corrected chi connectivity index (χ1v) is 14.4. The van der Waals surface area contributed by atoms with E-state index in [2.05, 4.69) is 21.3 Å². The lowest BCUT2D eigenvalue weighted by Crippen LogP contribution is -2.56. The third kappa shape index (κ3) is 9.74. The van der Waals surface area contributed by atoms with E-state index < -0.39 is 42.0 Å². The molecule has 2 aromatic carbocycles. The van der Waals surface area contributed by atoms with E-state index in [0.717, 1.165) is 0 Å². The zero-order valence-electron chi connectivity index (χ0n) is 24.6. The second-order valence-electron chi connectivity index (χ2n) is 10.9. The van der Waals surface area contributed by atoms with Crippen molar-refractivity contribution in [1.29, 1.82) is 0 Å². The van der Waals surface area contributed by atoms with Gasteiger partial charge in [0.25, 0.3) is 5.91 Å². The topological polar surface area (TPSA) is 135 Å². The summed E-state index contributed by atoms with van der Waals surface area (Å²) in [6.45, 7) is 8.12. The van der Waals surface area contributed by atoms with Crippen LogP contribution < -0.4 is 30.7 Å². The van der Waals surface area contributed by atoms with Crippen LogP contribution in [-0.4, -0.2) is 61.5 Å². The molecule has 42 heavy (non-hydrogen) atoms. The van der Waals surface area contributed by atoms with Crippen molar-refractivity contribution in [2.45, 2.75) is 65.1 Å². The molecule has 0 saturated carbocycles. The standard InChI is InChI=1S/C31H41FN4O6/c1-5-20(4)28-31(40)34-22(16-19(2)3)18-42-26-9-7-6-8-24(26)29(38)35-25(17-27(37)36-28)30(39)33-14-15-41-23-12-10-21(32)11-13-23/h6-13,19-20,22,25,28H,5,14-18H2,1-4H3,(H,33,39)(H,34,40)(H,35,38)(H,36,37)/t20-,22-,25-,28-/m0/s1. The maximum Gasteiger partial charge on any atom is 0.255 e. The van der Waals surface area contributed by atoms with E-state index in [0.29, 0.717) is 24.3 Å². The number of ether oxygens (including phenoxy) is 2. The minimum Gasteiger partial charge on any atom is -0.492 e. The molecule has 4 amide bonds. The normalized spacial score (nSPS) is 20.6. The summed E-state index contributed by atoms with van der Waals surface area (Å²) in [6.07, 6.45) is 0.870. The smallest absolute Gasteiger partial charge is 0.255 e. The molecule has 228 valence electrons. The van der Waals surface area contributed by atoms with Gasteiger partial charge in [-0.25, -0.2) is 4.39 Å². The number of carbonyl (C=O) groups excluding carboxylic acids is 4. The summed E-state index contributed by atoms with van der Waals surface area (Å²) >= 11 is 0. The zero-order chi connectivity index (χ0) is 30.6. The van der Waals surface area contributed by atoms with Gasteiger partial charge in [-0.1, -0.05) is 46.2 Å². The van der Waals surface area contributed by atoms with Crippen molar-refractivity contribution in [2.75, 3.05) is 19.8 Å². The van der Waals surface area contributed by atoms with E-state index in [9.17, 15) is 23.6 Å². The highest BCUT2D eigenvalue weighted by molar-refractivity contribution is 6.01. The summed E-state index contributed by atoms with van der Waals surface area (Å²) in [5.41, 5.74) is 0.194. The van der Waals surface area contributed by atoms with Gasteiger partial charge in [0, 0.05) is 0 Å². The quantitative estimate of drug-likeness (QED) is 0.335. The van der Waals surface area contributed by atoms with Crippen molar-refractivity contribution in [3.63, 3.8) is 0 Å². The Bertz CT molecular complexity index is 1220. The van der Waals surface area contributed by atoms with Crippen LogP contribution in [0.5, 0.6) is 11.5 Å². The van der Waals surface area contributed by atoms with E-state index in [1.54, 1.807) is 24.3 Å². The number of nitrogens with one attached hydrogen (secondary N) is 4. The van der Waals surface area contributed by atoms with Crippen LogP contribution in [0, 0.1) is 17.7 Å². The molecular formula is C31H41FN4O6. The molecule has 1 aliphatic heterocycles. The summed E-state index contributed by atoms with van der Waals surface area (Å²) in [5, 5.41) is 11.1. The van der Waals surface area contributed by atoms with Crippen molar-refractivity contribution < 1.29 is 33.0 Å². The average molecular weight is 585 g/mol. The molecular weight excluding hydrogens is 543 g/mol. The van der Waals surface area contributed by atoms with Crippen LogP contribution in [0.1, 0.15) is 57.3 Å². The summed E-state index contributed by atoms with van der Waals surface area (Å²) in [4.78, 5) is 53.1. The third-order valence-corrected chi connectivity index (χ3v) is 6.98. The highest BCUT2D eigenvalue weighted by Gasteiger charge is 2.32. The number of hydrogen-bond donors (Lipinski definition) is 4. The number of carbonyl (C=O) groups is 4. The molecule has 2 aromatic rings. The summed E-state index contributed by atoms with van der Waals surface area (Å²) in [7, 11) is 0. The lowest BCUT2D eigenvalue weighted by atomic mass is 9.96. The van der Waals surface area contributed by atoms with Gasteiger partial charge in [0.2, 0.25) is 17.7 Å². The Morgan fingerprint density at radius 1 is 1.05 bits per heavy atom. The van der Waals surface area contributed by atoms with Gasteiger partial charge in [-0.05, 0) is 54.7 Å². The van der Waals surface area contributed by atoms with Crippen LogP contribution >= 0.6 is 0 Å². The molecule has 0 radical (unpaired) electrons. The zero-order valence-corrected chi connectivity index (χ0v) is 24.6. The first kappa shape index (κ1) is 32.4. The number of rotatable bonds is 9. The molecule has 0 spiro atoms. The molecule has 1 heterocycles. The molecule has 0 aromatic heterocycles. The fraction of sp³-hybridized carbons (Fsp3) is 0.484. The summed E-state index contributed by atoms with van der Waals surface area (Å²) < 4.78 is 24.7. The van der Waals surface area contributed by atoms with E-state index in [4.69, 9.17) is 9.47 Å². The number of benzene rings is 2. The van der Waals surface area contributed by atoms with Crippen molar-refractivity contribution in [2.24, 2.45) is 11.8 Å². The molecule has 0 saturated heterocycles. The third-order valence-electron chi connectivity index (χ3n) is 6.98. The number of amides is 4. The van der Waals surface area contributed by atoms with Crippen LogP contribution in [0.25, 0.3) is 0 Å². The fourth-order valence-corrected chi connectivity index (χ4v) is 4.56. The van der Waals surface area contributed by atoms with Crippen molar-refractivity contribution in [3.05, 3.63) is 59.9 Å². The van der Waals surface area contributed by atoms with Gasteiger partial charge in [0.1, 0.15) is 42.6 Å². The lowest BCUT2D eigenvalue weighted by molar-refractivity contribution is -0.132. The minimum atomic E-state index is -1.24. The Hall–Kier alpha value is -4.15. The van der Waals surface area contributed by atoms with Crippen LogP contribution in [0.2, 0.25) is 0 Å². The van der Waals surface area contributed by atoms with Gasteiger partial charge in [-0.15, -0.1) is 0 Å². The predicted molar refractivity (Wildman–Crippen MR) is 155 cm³/mol. The van der Waals surface area contributed by atoms with Crippen LogP contribution in [0.3, 0.4) is 0 Å². The first-order valence-electron chi connectivity index (χ1n) is 14.4. The number of hydrogen-bond acceptors (Lipinski definition) is 6. The average Bonchev–Trinajstić information content (AvgIpc) is 2.96. The van der Waals surface area contributed by atoms with Gasteiger partial charge in [0.15, 0.2) is 0 Å². The Kier molecular flexibility index (Phi) is 12.1. The Morgan fingerprint density at radius 2 is 1.76 bits per heavy atom. The second-order valence-corrected chi connectivity index (χ2v) is 10.9. The molecule has 1 aliphatic rings. The maximum atomic E-state index is 13.4. The number of fused-ring (bicyclic) bond motifs is 1. The molecule has 4 atom stereocenters. The highest BCUT2D eigenvalue weighted by Crippen LogP contribution is 2.20. The van der Waals surface area contributed by atoms with Crippen LogP contribution in [0.15, 0.2) is 48.5 Å². The van der Waals surface area contributed by atoms with Crippen molar-refractivity contribution in [1.82, 2.24) is 21.3 Å². The van der Waals surface area contributed by atoms with Crippen LogP contribution in [-0.2, 0) is 14.4 Å². The summed E-state index contributed by atoms with van der Waals surface area (Å²) in [5.74, 6) is -1.67. The van der Waals surface area contributed by atoms with Crippen LogP contribution in [0.4, 0.5) is 4.39 Å². The van der Waals surface area contributed by atoms with E-state index in [1.165, 1.54) is 24.3 Å². The molecule has 3 rings (SSSR count). The number of halogens is 1. The molecule has 0 aliphatic carbocycles. The van der Waals surface area contributed by atoms with Gasteiger partial charge >= 0.3 is 0 Å². The van der Waals surface area contributed by atoms with Gasteiger partial charge in [-0.2, -0.15) is 0 Å². The molecule has 0 unspecified atom stereocenters.